The predicted molar refractivity (Wildman–Crippen MR) is 219 cm³/mol. The normalized spacial score (nSPS) is 12.2. The van der Waals surface area contributed by atoms with Gasteiger partial charge in [0.05, 0.1) is 0 Å². The van der Waals surface area contributed by atoms with Gasteiger partial charge in [0, 0.05) is 12.8 Å². The number of carbonyl (C=O) groups excluding carboxylic acids is 2. The van der Waals surface area contributed by atoms with Crippen LogP contribution in [0.1, 0.15) is 252 Å². The van der Waals surface area contributed by atoms with E-state index in [1.165, 1.54) is 186 Å². The predicted octanol–water partition coefficient (Wildman–Crippen LogP) is 14.4. The molecular formula is C46H90O5. The number of carbonyl (C=O) groups is 2. The highest BCUT2D eigenvalue weighted by atomic mass is 16.6. The molecule has 0 aliphatic rings. The van der Waals surface area contributed by atoms with E-state index in [2.05, 4.69) is 27.7 Å². The molecule has 0 aliphatic heterocycles. The lowest BCUT2D eigenvalue weighted by atomic mass is 10.0. The van der Waals surface area contributed by atoms with Gasteiger partial charge in [-0.1, -0.05) is 227 Å². The van der Waals surface area contributed by atoms with Crippen molar-refractivity contribution in [3.05, 3.63) is 0 Å². The van der Waals surface area contributed by atoms with Gasteiger partial charge in [-0.3, -0.25) is 9.59 Å². The Morgan fingerprint density at radius 1 is 0.353 bits per heavy atom. The van der Waals surface area contributed by atoms with Gasteiger partial charge in [0.25, 0.3) is 0 Å². The third kappa shape index (κ3) is 43.2. The van der Waals surface area contributed by atoms with E-state index in [9.17, 15) is 14.7 Å². The van der Waals surface area contributed by atoms with E-state index in [1.807, 2.05) is 0 Å². The molecule has 0 aromatic rings. The molecule has 0 spiro atoms. The maximum atomic E-state index is 12.0. The first kappa shape index (κ1) is 49.9. The molecule has 1 N–H and O–H groups in total. The second-order valence-corrected chi connectivity index (χ2v) is 16.8. The Balaban J connectivity index is 3.36. The van der Waals surface area contributed by atoms with Crippen molar-refractivity contribution in [2.75, 3.05) is 13.2 Å². The molecule has 0 rings (SSSR count). The fourth-order valence-corrected chi connectivity index (χ4v) is 6.99. The molecule has 0 fully saturated rings. The number of aliphatic hydroxyl groups excluding tert-OH is 1. The molecule has 0 aliphatic carbocycles. The molecule has 0 unspecified atom stereocenters. The number of ether oxygens (including phenoxy) is 2. The molecule has 0 saturated heterocycles. The van der Waals surface area contributed by atoms with Gasteiger partial charge in [0.15, 0.2) is 0 Å². The lowest BCUT2D eigenvalue weighted by Gasteiger charge is -2.12. The van der Waals surface area contributed by atoms with E-state index in [0.717, 1.165) is 37.5 Å². The van der Waals surface area contributed by atoms with Gasteiger partial charge in [0.1, 0.15) is 19.3 Å². The first-order chi connectivity index (χ1) is 24.8. The van der Waals surface area contributed by atoms with E-state index in [4.69, 9.17) is 9.47 Å². The minimum atomic E-state index is -0.957. The lowest BCUT2D eigenvalue weighted by molar-refractivity contribution is -0.152. The Hall–Kier alpha value is -1.10. The van der Waals surface area contributed by atoms with Crippen LogP contribution in [0, 0.1) is 11.8 Å². The van der Waals surface area contributed by atoms with Crippen LogP contribution in [-0.4, -0.2) is 36.4 Å². The Bertz CT molecular complexity index is 720. The van der Waals surface area contributed by atoms with Crippen molar-refractivity contribution in [3.63, 3.8) is 0 Å². The van der Waals surface area contributed by atoms with Crippen molar-refractivity contribution in [1.82, 2.24) is 0 Å². The van der Waals surface area contributed by atoms with Crippen LogP contribution in [0.5, 0.6) is 0 Å². The van der Waals surface area contributed by atoms with Crippen LogP contribution in [0.25, 0.3) is 0 Å². The summed E-state index contributed by atoms with van der Waals surface area (Å²) in [5, 5.41) is 10.1. The zero-order chi connectivity index (χ0) is 37.5. The lowest BCUT2D eigenvalue weighted by Crippen LogP contribution is -2.25. The third-order valence-electron chi connectivity index (χ3n) is 10.4. The van der Waals surface area contributed by atoms with Crippen LogP contribution in [0.15, 0.2) is 0 Å². The summed E-state index contributed by atoms with van der Waals surface area (Å²) in [5.41, 5.74) is 0. The molecule has 0 amide bonds. The Morgan fingerprint density at radius 2 is 0.549 bits per heavy atom. The van der Waals surface area contributed by atoms with E-state index >= 15 is 0 Å². The highest BCUT2D eigenvalue weighted by Gasteiger charge is 2.12. The van der Waals surface area contributed by atoms with Crippen molar-refractivity contribution < 1.29 is 24.2 Å². The van der Waals surface area contributed by atoms with Gasteiger partial charge < -0.3 is 14.6 Å². The average Bonchev–Trinajstić information content (AvgIpc) is 3.10. The average molecular weight is 723 g/mol. The molecule has 51 heavy (non-hydrogen) atoms. The number of unbranched alkanes of at least 4 members (excludes halogenated alkanes) is 29. The maximum absolute atomic E-state index is 12.0. The number of aliphatic hydroxyl groups is 1. The monoisotopic (exact) mass is 723 g/mol. The van der Waals surface area contributed by atoms with E-state index < -0.39 is 6.10 Å². The summed E-state index contributed by atoms with van der Waals surface area (Å²) in [6.07, 6.45) is 43.1. The van der Waals surface area contributed by atoms with Crippen molar-refractivity contribution >= 4 is 11.9 Å². The van der Waals surface area contributed by atoms with Crippen LogP contribution >= 0.6 is 0 Å². The summed E-state index contributed by atoms with van der Waals surface area (Å²) in [5.74, 6) is 1.17. The van der Waals surface area contributed by atoms with Crippen LogP contribution < -0.4 is 0 Å². The molecule has 1 atom stereocenters. The number of rotatable bonds is 41. The van der Waals surface area contributed by atoms with E-state index in [-0.39, 0.29) is 25.2 Å². The zero-order valence-electron chi connectivity index (χ0n) is 35.0. The topological polar surface area (TPSA) is 72.8 Å². The van der Waals surface area contributed by atoms with Gasteiger partial charge in [-0.15, -0.1) is 0 Å². The van der Waals surface area contributed by atoms with Crippen LogP contribution in [-0.2, 0) is 19.1 Å². The smallest absolute Gasteiger partial charge is 0.305 e. The molecule has 5 nitrogen and oxygen atoms in total. The van der Waals surface area contributed by atoms with Gasteiger partial charge in [-0.25, -0.2) is 0 Å². The van der Waals surface area contributed by atoms with Crippen LogP contribution in [0.3, 0.4) is 0 Å². The van der Waals surface area contributed by atoms with Crippen molar-refractivity contribution in [3.8, 4) is 0 Å². The standard InChI is InChI=1S/C46H90O5/c1-42(2)36-32-28-24-20-16-12-8-5-6-10-14-18-22-26-30-34-38-45(48)50-40-44(47)41-51-46(49)39-35-31-27-23-19-15-11-7-9-13-17-21-25-29-33-37-43(3)4/h42-44,47H,5-41H2,1-4H3/t44-/m0/s1. The summed E-state index contributed by atoms with van der Waals surface area (Å²) in [6, 6.07) is 0. The van der Waals surface area contributed by atoms with Crippen LogP contribution in [0.2, 0.25) is 0 Å². The molecule has 0 aromatic heterocycles. The van der Waals surface area contributed by atoms with Crippen molar-refractivity contribution in [2.45, 2.75) is 259 Å². The van der Waals surface area contributed by atoms with Gasteiger partial charge >= 0.3 is 11.9 Å². The fraction of sp³-hybridized carbons (Fsp3) is 0.957. The summed E-state index contributed by atoms with van der Waals surface area (Å²) in [7, 11) is 0. The van der Waals surface area contributed by atoms with E-state index in [0.29, 0.717) is 12.8 Å². The summed E-state index contributed by atoms with van der Waals surface area (Å²) in [4.78, 5) is 24.0. The summed E-state index contributed by atoms with van der Waals surface area (Å²) < 4.78 is 10.4. The first-order valence-electron chi connectivity index (χ1n) is 22.8. The zero-order valence-corrected chi connectivity index (χ0v) is 35.0. The molecule has 0 radical (unpaired) electrons. The third-order valence-corrected chi connectivity index (χ3v) is 10.4. The van der Waals surface area contributed by atoms with Gasteiger partial charge in [-0.2, -0.15) is 0 Å². The van der Waals surface area contributed by atoms with E-state index in [1.54, 1.807) is 0 Å². The number of hydrogen-bond acceptors (Lipinski definition) is 5. The van der Waals surface area contributed by atoms with Crippen molar-refractivity contribution in [1.29, 1.82) is 0 Å². The summed E-state index contributed by atoms with van der Waals surface area (Å²) >= 11 is 0. The largest absolute Gasteiger partial charge is 0.463 e. The number of hydrogen-bond donors (Lipinski definition) is 1. The fourth-order valence-electron chi connectivity index (χ4n) is 6.99. The van der Waals surface area contributed by atoms with Gasteiger partial charge in [0.2, 0.25) is 0 Å². The highest BCUT2D eigenvalue weighted by molar-refractivity contribution is 5.69. The Morgan fingerprint density at radius 3 is 0.765 bits per heavy atom. The molecule has 0 bridgehead atoms. The molecular weight excluding hydrogens is 633 g/mol. The van der Waals surface area contributed by atoms with Crippen LogP contribution in [0.4, 0.5) is 0 Å². The molecule has 0 heterocycles. The minimum Gasteiger partial charge on any atom is -0.463 e. The second-order valence-electron chi connectivity index (χ2n) is 16.8. The molecule has 5 heteroatoms. The Labute approximate surface area is 319 Å². The molecule has 0 aromatic carbocycles. The summed E-state index contributed by atoms with van der Waals surface area (Å²) in [6.45, 7) is 9.07. The second kappa shape index (κ2) is 40.1. The minimum absolute atomic E-state index is 0.108. The first-order valence-corrected chi connectivity index (χ1v) is 22.8. The Kier molecular flexibility index (Phi) is 39.2. The highest BCUT2D eigenvalue weighted by Crippen LogP contribution is 2.17. The molecule has 304 valence electrons. The van der Waals surface area contributed by atoms with Crippen molar-refractivity contribution in [2.24, 2.45) is 11.8 Å². The van der Waals surface area contributed by atoms with Gasteiger partial charge in [-0.05, 0) is 24.7 Å². The quantitative estimate of drug-likeness (QED) is 0.0502. The maximum Gasteiger partial charge on any atom is 0.305 e. The molecule has 0 saturated carbocycles. The SMILES string of the molecule is CC(C)CCCCCCCCCCCCCCCCCCC(=O)OC[C@H](O)COC(=O)CCCCCCCCCCCCCCCCCC(C)C. The number of esters is 2.